The summed E-state index contributed by atoms with van der Waals surface area (Å²) in [6, 6.07) is 14.6. The number of amides is 1. The van der Waals surface area contributed by atoms with Gasteiger partial charge < -0.3 is 15.4 Å². The van der Waals surface area contributed by atoms with E-state index in [1.807, 2.05) is 0 Å². The second-order valence-electron chi connectivity index (χ2n) is 6.26. The van der Waals surface area contributed by atoms with Gasteiger partial charge in [-0.15, -0.1) is 0 Å². The molecule has 1 aromatic heterocycles. The van der Waals surface area contributed by atoms with Gasteiger partial charge in [-0.05, 0) is 42.3 Å². The predicted molar refractivity (Wildman–Crippen MR) is 109 cm³/mol. The molecule has 0 saturated carbocycles. The number of esters is 1. The lowest BCUT2D eigenvalue weighted by atomic mass is 10.1. The molecular formula is C22H20FN3O3. The van der Waals surface area contributed by atoms with Crippen molar-refractivity contribution in [1.82, 2.24) is 4.98 Å². The van der Waals surface area contributed by atoms with Gasteiger partial charge in [-0.3, -0.25) is 9.78 Å². The van der Waals surface area contributed by atoms with Gasteiger partial charge in [-0.1, -0.05) is 24.3 Å². The number of carbonyl (C=O) groups is 2. The standard InChI is InChI=1S/C22H20FN3O3/c1-29-22(28)19-4-2-3-5-20(19)26-21(27)16-12-18(14-24-13-16)25-11-10-15-6-8-17(23)9-7-15/h2-9,12-14,25H,10-11H2,1H3,(H,26,27). The smallest absolute Gasteiger partial charge is 0.339 e. The average molecular weight is 393 g/mol. The fourth-order valence-electron chi connectivity index (χ4n) is 2.74. The van der Waals surface area contributed by atoms with E-state index in [0.29, 0.717) is 29.9 Å². The SMILES string of the molecule is COC(=O)c1ccccc1NC(=O)c1cncc(NCCc2ccc(F)cc2)c1. The van der Waals surface area contributed by atoms with E-state index in [0.717, 1.165) is 5.56 Å². The molecule has 0 aliphatic heterocycles. The molecule has 0 unspecified atom stereocenters. The summed E-state index contributed by atoms with van der Waals surface area (Å²) in [4.78, 5) is 28.5. The fourth-order valence-corrected chi connectivity index (χ4v) is 2.74. The topological polar surface area (TPSA) is 80.3 Å². The third kappa shape index (κ3) is 5.38. The second-order valence-corrected chi connectivity index (χ2v) is 6.26. The molecule has 3 aromatic rings. The van der Waals surface area contributed by atoms with Crippen molar-refractivity contribution in [2.24, 2.45) is 0 Å². The number of anilines is 2. The van der Waals surface area contributed by atoms with Gasteiger partial charge in [0.05, 0.1) is 29.6 Å². The number of nitrogens with zero attached hydrogens (tertiary/aromatic N) is 1. The molecule has 6 nitrogen and oxygen atoms in total. The van der Waals surface area contributed by atoms with E-state index in [9.17, 15) is 14.0 Å². The van der Waals surface area contributed by atoms with Gasteiger partial charge in [0.25, 0.3) is 5.91 Å². The first-order chi connectivity index (χ1) is 14.1. The molecule has 0 atom stereocenters. The quantitative estimate of drug-likeness (QED) is 0.595. The van der Waals surface area contributed by atoms with Gasteiger partial charge in [-0.2, -0.15) is 0 Å². The van der Waals surface area contributed by atoms with Crippen molar-refractivity contribution in [1.29, 1.82) is 0 Å². The number of hydrogen-bond acceptors (Lipinski definition) is 5. The van der Waals surface area contributed by atoms with Crippen molar-refractivity contribution in [3.8, 4) is 0 Å². The zero-order valence-electron chi connectivity index (χ0n) is 15.8. The number of pyridine rings is 1. The van der Waals surface area contributed by atoms with Crippen LogP contribution in [0.5, 0.6) is 0 Å². The Hall–Kier alpha value is -3.74. The van der Waals surface area contributed by atoms with E-state index in [2.05, 4.69) is 15.6 Å². The molecule has 1 heterocycles. The lowest BCUT2D eigenvalue weighted by Gasteiger charge is -2.11. The monoisotopic (exact) mass is 393 g/mol. The first-order valence-electron chi connectivity index (χ1n) is 8.99. The van der Waals surface area contributed by atoms with Crippen LogP contribution in [0.25, 0.3) is 0 Å². The lowest BCUT2D eigenvalue weighted by molar-refractivity contribution is 0.0602. The molecule has 3 rings (SSSR count). The number of aromatic nitrogens is 1. The largest absolute Gasteiger partial charge is 0.465 e. The van der Waals surface area contributed by atoms with Gasteiger partial charge in [-0.25, -0.2) is 9.18 Å². The van der Waals surface area contributed by atoms with E-state index in [1.54, 1.807) is 48.7 Å². The Morgan fingerprint density at radius 1 is 1.07 bits per heavy atom. The number of nitrogens with one attached hydrogen (secondary N) is 2. The molecule has 0 aliphatic rings. The van der Waals surface area contributed by atoms with Crippen molar-refractivity contribution in [3.63, 3.8) is 0 Å². The van der Waals surface area contributed by atoms with Crippen LogP contribution in [0, 0.1) is 5.82 Å². The van der Waals surface area contributed by atoms with E-state index in [1.165, 1.54) is 25.4 Å². The lowest BCUT2D eigenvalue weighted by Crippen LogP contribution is -2.16. The second kappa shape index (κ2) is 9.45. The first kappa shape index (κ1) is 20.0. The fraction of sp³-hybridized carbons (Fsp3) is 0.136. The number of benzene rings is 2. The molecule has 2 N–H and O–H groups in total. The minimum Gasteiger partial charge on any atom is -0.465 e. The summed E-state index contributed by atoms with van der Waals surface area (Å²) < 4.78 is 17.7. The molecule has 148 valence electrons. The highest BCUT2D eigenvalue weighted by Gasteiger charge is 2.14. The highest BCUT2D eigenvalue weighted by molar-refractivity contribution is 6.08. The first-order valence-corrected chi connectivity index (χ1v) is 8.99. The molecular weight excluding hydrogens is 373 g/mol. The summed E-state index contributed by atoms with van der Waals surface area (Å²) in [5.41, 5.74) is 2.65. The number of hydrogen-bond donors (Lipinski definition) is 2. The number of rotatable bonds is 7. The molecule has 0 saturated heterocycles. The zero-order chi connectivity index (χ0) is 20.6. The van der Waals surface area contributed by atoms with Crippen LogP contribution in [0.1, 0.15) is 26.3 Å². The predicted octanol–water partition coefficient (Wildman–Crippen LogP) is 3.91. The van der Waals surface area contributed by atoms with Crippen LogP contribution >= 0.6 is 0 Å². The van der Waals surface area contributed by atoms with Crippen molar-refractivity contribution >= 4 is 23.3 Å². The molecule has 1 amide bonds. The summed E-state index contributed by atoms with van der Waals surface area (Å²) in [5.74, 6) is -1.19. The molecule has 29 heavy (non-hydrogen) atoms. The number of halogens is 1. The molecule has 2 aromatic carbocycles. The van der Waals surface area contributed by atoms with Crippen LogP contribution in [-0.2, 0) is 11.2 Å². The van der Waals surface area contributed by atoms with Gasteiger partial charge in [0.2, 0.25) is 0 Å². The molecule has 0 bridgehead atoms. The van der Waals surface area contributed by atoms with Crippen LogP contribution in [-0.4, -0.2) is 30.5 Å². The van der Waals surface area contributed by atoms with Crippen LogP contribution in [0.4, 0.5) is 15.8 Å². The third-order valence-electron chi connectivity index (χ3n) is 4.24. The molecule has 0 radical (unpaired) electrons. The van der Waals surface area contributed by atoms with Gasteiger partial charge in [0, 0.05) is 18.9 Å². The van der Waals surface area contributed by atoms with Gasteiger partial charge >= 0.3 is 5.97 Å². The number of ether oxygens (including phenoxy) is 1. The van der Waals surface area contributed by atoms with Crippen LogP contribution < -0.4 is 10.6 Å². The minimum absolute atomic E-state index is 0.265. The maximum Gasteiger partial charge on any atom is 0.339 e. The van der Waals surface area contributed by atoms with Crippen molar-refractivity contribution < 1.29 is 18.7 Å². The Morgan fingerprint density at radius 3 is 2.59 bits per heavy atom. The van der Waals surface area contributed by atoms with E-state index in [-0.39, 0.29) is 11.4 Å². The molecule has 7 heteroatoms. The highest BCUT2D eigenvalue weighted by atomic mass is 19.1. The summed E-state index contributed by atoms with van der Waals surface area (Å²) >= 11 is 0. The summed E-state index contributed by atoms with van der Waals surface area (Å²) in [6.07, 6.45) is 3.76. The van der Waals surface area contributed by atoms with Crippen LogP contribution in [0.15, 0.2) is 67.0 Å². The summed E-state index contributed by atoms with van der Waals surface area (Å²) in [5, 5.41) is 5.91. The summed E-state index contributed by atoms with van der Waals surface area (Å²) in [7, 11) is 1.28. The Balaban J connectivity index is 1.64. The van der Waals surface area contributed by atoms with E-state index < -0.39 is 11.9 Å². The van der Waals surface area contributed by atoms with Crippen LogP contribution in [0.2, 0.25) is 0 Å². The number of carbonyl (C=O) groups excluding carboxylic acids is 2. The van der Waals surface area contributed by atoms with Gasteiger partial charge in [0.15, 0.2) is 0 Å². The van der Waals surface area contributed by atoms with Gasteiger partial charge in [0.1, 0.15) is 5.82 Å². The summed E-state index contributed by atoms with van der Waals surface area (Å²) in [6.45, 7) is 0.601. The Bertz CT molecular complexity index is 1010. The zero-order valence-corrected chi connectivity index (χ0v) is 15.8. The molecule has 0 aliphatic carbocycles. The number of para-hydroxylation sites is 1. The average Bonchev–Trinajstić information content (AvgIpc) is 2.75. The maximum absolute atomic E-state index is 13.0. The van der Waals surface area contributed by atoms with Crippen molar-refractivity contribution in [2.45, 2.75) is 6.42 Å². The van der Waals surface area contributed by atoms with Crippen molar-refractivity contribution in [2.75, 3.05) is 24.3 Å². The highest BCUT2D eigenvalue weighted by Crippen LogP contribution is 2.18. The van der Waals surface area contributed by atoms with Crippen LogP contribution in [0.3, 0.4) is 0 Å². The third-order valence-corrected chi connectivity index (χ3v) is 4.24. The molecule has 0 spiro atoms. The maximum atomic E-state index is 13.0. The normalized spacial score (nSPS) is 10.3. The van der Waals surface area contributed by atoms with Crippen molar-refractivity contribution in [3.05, 3.63) is 89.5 Å². The Labute approximate surface area is 167 Å². The Morgan fingerprint density at radius 2 is 1.83 bits per heavy atom. The number of methoxy groups -OCH3 is 1. The Kier molecular flexibility index (Phi) is 6.52. The van der Waals surface area contributed by atoms with E-state index >= 15 is 0 Å². The van der Waals surface area contributed by atoms with E-state index in [4.69, 9.17) is 4.74 Å². The minimum atomic E-state index is -0.532. The molecule has 0 fully saturated rings.